The van der Waals surface area contributed by atoms with E-state index in [9.17, 15) is 14.4 Å². The minimum Gasteiger partial charge on any atom is -0.355 e. The zero-order valence-electron chi connectivity index (χ0n) is 11.4. The van der Waals surface area contributed by atoms with Crippen molar-refractivity contribution < 1.29 is 14.4 Å². The third-order valence-electron chi connectivity index (χ3n) is 3.09. The molecule has 0 radical (unpaired) electrons. The summed E-state index contributed by atoms with van der Waals surface area (Å²) in [6.45, 7) is 2.04. The van der Waals surface area contributed by atoms with Gasteiger partial charge in [-0.1, -0.05) is 11.8 Å². The van der Waals surface area contributed by atoms with Gasteiger partial charge in [-0.15, -0.1) is 0 Å². The molecule has 6 heteroatoms. The van der Waals surface area contributed by atoms with E-state index in [-0.39, 0.29) is 22.2 Å². The summed E-state index contributed by atoms with van der Waals surface area (Å²) in [5.74, 6) is -0.147. The van der Waals surface area contributed by atoms with Crippen LogP contribution in [-0.2, 0) is 9.59 Å². The Morgan fingerprint density at radius 3 is 2.50 bits per heavy atom. The van der Waals surface area contributed by atoms with Gasteiger partial charge in [0, 0.05) is 43.4 Å². The largest absolute Gasteiger partial charge is 0.355 e. The SMILES string of the molecule is CNC(=O)c1ccc(N2CC(SC(C)=O)CC2=O)cc1. The van der Waals surface area contributed by atoms with E-state index in [1.165, 1.54) is 18.7 Å². The lowest BCUT2D eigenvalue weighted by Crippen LogP contribution is -2.25. The van der Waals surface area contributed by atoms with E-state index in [4.69, 9.17) is 0 Å². The first-order valence-corrected chi connectivity index (χ1v) is 7.19. The average molecular weight is 292 g/mol. The fourth-order valence-electron chi connectivity index (χ4n) is 2.18. The summed E-state index contributed by atoms with van der Waals surface area (Å²) in [6, 6.07) is 6.88. The van der Waals surface area contributed by atoms with E-state index in [1.807, 2.05) is 0 Å². The zero-order chi connectivity index (χ0) is 14.7. The zero-order valence-corrected chi connectivity index (χ0v) is 12.2. The molecule has 0 spiro atoms. The molecule has 20 heavy (non-hydrogen) atoms. The Kier molecular flexibility index (Phi) is 4.44. The lowest BCUT2D eigenvalue weighted by molar-refractivity contribution is -0.117. The fraction of sp³-hybridized carbons (Fsp3) is 0.357. The quantitative estimate of drug-likeness (QED) is 0.915. The van der Waals surface area contributed by atoms with Crippen LogP contribution in [0.25, 0.3) is 0 Å². The summed E-state index contributed by atoms with van der Waals surface area (Å²) in [4.78, 5) is 36.2. The Morgan fingerprint density at radius 1 is 1.30 bits per heavy atom. The minimum atomic E-state index is -0.158. The highest BCUT2D eigenvalue weighted by Crippen LogP contribution is 2.28. The molecule has 1 atom stereocenters. The smallest absolute Gasteiger partial charge is 0.251 e. The normalized spacial score (nSPS) is 18.2. The summed E-state index contributed by atoms with van der Waals surface area (Å²) in [5, 5.41) is 2.59. The van der Waals surface area contributed by atoms with E-state index >= 15 is 0 Å². The number of anilines is 1. The molecular weight excluding hydrogens is 276 g/mol. The molecule has 0 aliphatic carbocycles. The second-order valence-corrected chi connectivity index (χ2v) is 6.04. The van der Waals surface area contributed by atoms with Gasteiger partial charge in [-0.2, -0.15) is 0 Å². The number of nitrogens with zero attached hydrogens (tertiary/aromatic N) is 1. The van der Waals surface area contributed by atoms with E-state index in [0.717, 1.165) is 5.69 Å². The Hall–Kier alpha value is -1.82. The maximum absolute atomic E-state index is 12.0. The first-order chi connectivity index (χ1) is 9.51. The molecule has 2 rings (SSSR count). The molecule has 1 unspecified atom stereocenters. The van der Waals surface area contributed by atoms with Crippen molar-refractivity contribution >= 4 is 34.4 Å². The molecule has 5 nitrogen and oxygen atoms in total. The van der Waals surface area contributed by atoms with E-state index < -0.39 is 0 Å². The molecule has 1 heterocycles. The molecule has 2 amide bonds. The monoisotopic (exact) mass is 292 g/mol. The van der Waals surface area contributed by atoms with Gasteiger partial charge in [0.1, 0.15) is 0 Å². The first-order valence-electron chi connectivity index (χ1n) is 6.31. The number of amides is 2. The maximum atomic E-state index is 12.0. The Bertz CT molecular complexity index is 542. The average Bonchev–Trinajstić information content (AvgIpc) is 2.78. The van der Waals surface area contributed by atoms with Crippen molar-refractivity contribution in [2.24, 2.45) is 0 Å². The van der Waals surface area contributed by atoms with Crippen molar-refractivity contribution in [3.05, 3.63) is 29.8 Å². The highest BCUT2D eigenvalue weighted by Gasteiger charge is 2.31. The number of hydrogen-bond acceptors (Lipinski definition) is 4. The first kappa shape index (κ1) is 14.6. The van der Waals surface area contributed by atoms with Crippen LogP contribution in [0.15, 0.2) is 24.3 Å². The van der Waals surface area contributed by atoms with Gasteiger partial charge in [0.25, 0.3) is 5.91 Å². The van der Waals surface area contributed by atoms with Crippen molar-refractivity contribution in [1.82, 2.24) is 5.32 Å². The van der Waals surface area contributed by atoms with Gasteiger partial charge in [-0.05, 0) is 24.3 Å². The fourth-order valence-corrected chi connectivity index (χ4v) is 3.09. The predicted octanol–water partition coefficient (Wildman–Crippen LogP) is 1.43. The summed E-state index contributed by atoms with van der Waals surface area (Å²) >= 11 is 1.21. The molecule has 106 valence electrons. The number of benzene rings is 1. The third-order valence-corrected chi connectivity index (χ3v) is 4.07. The second-order valence-electron chi connectivity index (χ2n) is 4.57. The van der Waals surface area contributed by atoms with Gasteiger partial charge in [0.15, 0.2) is 5.12 Å². The van der Waals surface area contributed by atoms with Crippen molar-refractivity contribution in [3.63, 3.8) is 0 Å². The number of thioether (sulfide) groups is 1. The van der Waals surface area contributed by atoms with Crippen LogP contribution >= 0.6 is 11.8 Å². The number of nitrogens with one attached hydrogen (secondary N) is 1. The van der Waals surface area contributed by atoms with Gasteiger partial charge >= 0.3 is 0 Å². The number of carbonyl (C=O) groups excluding carboxylic acids is 3. The predicted molar refractivity (Wildman–Crippen MR) is 78.9 cm³/mol. The van der Waals surface area contributed by atoms with Crippen LogP contribution in [0.3, 0.4) is 0 Å². The van der Waals surface area contributed by atoms with Crippen LogP contribution in [0.5, 0.6) is 0 Å². The Morgan fingerprint density at radius 2 is 1.95 bits per heavy atom. The van der Waals surface area contributed by atoms with Crippen LogP contribution in [0.4, 0.5) is 5.69 Å². The van der Waals surface area contributed by atoms with E-state index in [2.05, 4.69) is 5.32 Å². The highest BCUT2D eigenvalue weighted by atomic mass is 32.2. The van der Waals surface area contributed by atoms with Gasteiger partial charge < -0.3 is 10.2 Å². The molecule has 1 N–H and O–H groups in total. The van der Waals surface area contributed by atoms with Crippen molar-refractivity contribution in [2.45, 2.75) is 18.6 Å². The molecule has 0 bridgehead atoms. The molecule has 1 aromatic rings. The minimum absolute atomic E-state index is 0.0106. The Labute approximate surface area is 121 Å². The van der Waals surface area contributed by atoms with Crippen LogP contribution in [0.1, 0.15) is 23.7 Å². The van der Waals surface area contributed by atoms with Crippen LogP contribution in [-0.4, -0.2) is 35.8 Å². The van der Waals surface area contributed by atoms with Crippen molar-refractivity contribution in [3.8, 4) is 0 Å². The molecule has 0 aromatic heterocycles. The molecule has 0 saturated carbocycles. The van der Waals surface area contributed by atoms with E-state index in [1.54, 1.807) is 36.2 Å². The molecular formula is C14H16N2O3S. The van der Waals surface area contributed by atoms with Gasteiger partial charge in [-0.3, -0.25) is 14.4 Å². The second kappa shape index (κ2) is 6.09. The molecule has 1 aliphatic heterocycles. The van der Waals surface area contributed by atoms with Crippen LogP contribution in [0.2, 0.25) is 0 Å². The summed E-state index contributed by atoms with van der Waals surface area (Å²) in [5.41, 5.74) is 1.31. The maximum Gasteiger partial charge on any atom is 0.251 e. The summed E-state index contributed by atoms with van der Waals surface area (Å²) < 4.78 is 0. The molecule has 1 saturated heterocycles. The van der Waals surface area contributed by atoms with Gasteiger partial charge in [0.2, 0.25) is 5.91 Å². The third kappa shape index (κ3) is 3.19. The molecule has 1 aromatic carbocycles. The lowest BCUT2D eigenvalue weighted by Gasteiger charge is -2.16. The number of rotatable bonds is 3. The summed E-state index contributed by atoms with van der Waals surface area (Å²) in [7, 11) is 1.57. The Balaban J connectivity index is 2.10. The van der Waals surface area contributed by atoms with Crippen molar-refractivity contribution in [2.75, 3.05) is 18.5 Å². The standard InChI is InChI=1S/C14H16N2O3S/c1-9(17)20-12-7-13(18)16(8-12)11-5-3-10(4-6-11)14(19)15-2/h3-6,12H,7-8H2,1-2H3,(H,15,19). The molecule has 1 aliphatic rings. The topological polar surface area (TPSA) is 66.5 Å². The molecule has 1 fully saturated rings. The van der Waals surface area contributed by atoms with E-state index in [0.29, 0.717) is 18.5 Å². The van der Waals surface area contributed by atoms with Crippen molar-refractivity contribution in [1.29, 1.82) is 0 Å². The summed E-state index contributed by atoms with van der Waals surface area (Å²) in [6.07, 6.45) is 0.376. The van der Waals surface area contributed by atoms with Crippen LogP contribution < -0.4 is 10.2 Å². The highest BCUT2D eigenvalue weighted by molar-refractivity contribution is 8.14. The lowest BCUT2D eigenvalue weighted by atomic mass is 10.2. The van der Waals surface area contributed by atoms with Gasteiger partial charge in [0.05, 0.1) is 0 Å². The van der Waals surface area contributed by atoms with Crippen LogP contribution in [0, 0.1) is 0 Å². The number of hydrogen-bond donors (Lipinski definition) is 1. The van der Waals surface area contributed by atoms with Gasteiger partial charge in [-0.25, -0.2) is 0 Å². The number of carbonyl (C=O) groups is 3.